The first-order valence-electron chi connectivity index (χ1n) is 6.61. The van der Waals surface area contributed by atoms with Gasteiger partial charge < -0.3 is 15.4 Å². The molecule has 2 N–H and O–H groups in total. The number of amides is 1. The molecule has 0 spiro atoms. The molecule has 0 aliphatic carbocycles. The molecule has 1 saturated heterocycles. The van der Waals surface area contributed by atoms with Crippen LogP contribution in [0.25, 0.3) is 0 Å². The smallest absolute Gasteiger partial charge is 0.387 e. The van der Waals surface area contributed by atoms with Gasteiger partial charge in [0.1, 0.15) is 5.75 Å². The molecule has 6 heteroatoms. The lowest BCUT2D eigenvalue weighted by atomic mass is 10.0. The van der Waals surface area contributed by atoms with Gasteiger partial charge in [0.25, 0.3) is 0 Å². The zero-order chi connectivity index (χ0) is 14.5. The average Bonchev–Trinajstić information content (AvgIpc) is 2.41. The summed E-state index contributed by atoms with van der Waals surface area (Å²) < 4.78 is 28.3. The van der Waals surface area contributed by atoms with Crippen molar-refractivity contribution >= 4 is 5.91 Å². The van der Waals surface area contributed by atoms with E-state index in [2.05, 4.69) is 4.74 Å². The summed E-state index contributed by atoms with van der Waals surface area (Å²) >= 11 is 0. The van der Waals surface area contributed by atoms with E-state index in [1.165, 1.54) is 12.1 Å². The van der Waals surface area contributed by atoms with E-state index in [0.717, 1.165) is 18.4 Å². The molecule has 1 amide bonds. The third kappa shape index (κ3) is 4.16. The van der Waals surface area contributed by atoms with E-state index in [9.17, 15) is 13.6 Å². The summed E-state index contributed by atoms with van der Waals surface area (Å²) in [5.74, 6) is 0.138. The number of rotatable bonds is 4. The van der Waals surface area contributed by atoms with Gasteiger partial charge in [0, 0.05) is 19.1 Å². The zero-order valence-corrected chi connectivity index (χ0v) is 11.1. The highest BCUT2D eigenvalue weighted by molar-refractivity contribution is 5.78. The molecule has 0 saturated carbocycles. The largest absolute Gasteiger partial charge is 0.435 e. The predicted molar refractivity (Wildman–Crippen MR) is 70.6 cm³/mol. The number of benzene rings is 1. The second-order valence-electron chi connectivity index (χ2n) is 4.92. The summed E-state index contributed by atoms with van der Waals surface area (Å²) in [4.78, 5) is 13.9. The first-order valence-corrected chi connectivity index (χ1v) is 6.61. The number of nitrogens with zero attached hydrogens (tertiary/aromatic N) is 1. The molecule has 1 heterocycles. The van der Waals surface area contributed by atoms with Crippen LogP contribution in [0.2, 0.25) is 0 Å². The first-order chi connectivity index (χ1) is 9.54. The molecule has 0 aromatic heterocycles. The van der Waals surface area contributed by atoms with E-state index in [1.807, 2.05) is 0 Å². The van der Waals surface area contributed by atoms with Crippen molar-refractivity contribution < 1.29 is 18.3 Å². The number of alkyl halides is 2. The number of piperidine rings is 1. The minimum Gasteiger partial charge on any atom is -0.435 e. The van der Waals surface area contributed by atoms with Crippen LogP contribution in [0.5, 0.6) is 5.75 Å². The third-order valence-electron chi connectivity index (χ3n) is 3.40. The molecule has 1 aromatic rings. The standard InChI is InChI=1S/C14H18F2N2O2/c15-14(16)20-12-3-1-10(2-4-12)9-13(19)18-7-5-11(17)6-8-18/h1-4,11,14H,5-9,17H2. The number of hydrogen-bond donors (Lipinski definition) is 1. The molecule has 1 aliphatic rings. The lowest BCUT2D eigenvalue weighted by Gasteiger charge is -2.30. The summed E-state index contributed by atoms with van der Waals surface area (Å²) in [6, 6.07) is 6.34. The second kappa shape index (κ2) is 6.65. The minimum atomic E-state index is -2.83. The summed E-state index contributed by atoms with van der Waals surface area (Å²) in [6.45, 7) is -1.46. The SMILES string of the molecule is NC1CCN(C(=O)Cc2ccc(OC(F)F)cc2)CC1. The van der Waals surface area contributed by atoms with Crippen LogP contribution in [0.1, 0.15) is 18.4 Å². The Bertz CT molecular complexity index is 443. The molecule has 20 heavy (non-hydrogen) atoms. The first kappa shape index (κ1) is 14.7. The summed E-state index contributed by atoms with van der Waals surface area (Å²) in [5.41, 5.74) is 6.58. The summed E-state index contributed by atoms with van der Waals surface area (Å²) in [6.07, 6.45) is 1.92. The van der Waals surface area contributed by atoms with Crippen molar-refractivity contribution in [3.05, 3.63) is 29.8 Å². The van der Waals surface area contributed by atoms with Crippen molar-refractivity contribution in [2.75, 3.05) is 13.1 Å². The molecule has 2 rings (SSSR count). The van der Waals surface area contributed by atoms with Gasteiger partial charge in [-0.05, 0) is 30.5 Å². The predicted octanol–water partition coefficient (Wildman–Crippen LogP) is 1.78. The van der Waals surface area contributed by atoms with E-state index in [0.29, 0.717) is 13.1 Å². The third-order valence-corrected chi connectivity index (χ3v) is 3.40. The molecule has 110 valence electrons. The van der Waals surface area contributed by atoms with Crippen molar-refractivity contribution in [3.63, 3.8) is 0 Å². The Morgan fingerprint density at radius 3 is 2.45 bits per heavy atom. The van der Waals surface area contributed by atoms with E-state index < -0.39 is 6.61 Å². The van der Waals surface area contributed by atoms with Crippen LogP contribution >= 0.6 is 0 Å². The number of nitrogens with two attached hydrogens (primary N) is 1. The van der Waals surface area contributed by atoms with Crippen LogP contribution in [-0.4, -0.2) is 36.5 Å². The summed E-state index contributed by atoms with van der Waals surface area (Å²) in [7, 11) is 0. The molecule has 4 nitrogen and oxygen atoms in total. The Balaban J connectivity index is 1.88. The van der Waals surface area contributed by atoms with Crippen molar-refractivity contribution in [3.8, 4) is 5.75 Å². The van der Waals surface area contributed by atoms with Crippen molar-refractivity contribution in [1.82, 2.24) is 4.90 Å². The Morgan fingerprint density at radius 1 is 1.30 bits per heavy atom. The molecular weight excluding hydrogens is 266 g/mol. The molecule has 0 bridgehead atoms. The number of carbonyl (C=O) groups is 1. The van der Waals surface area contributed by atoms with Crippen molar-refractivity contribution in [1.29, 1.82) is 0 Å². The van der Waals surface area contributed by atoms with Crippen LogP contribution in [0.3, 0.4) is 0 Å². The number of carbonyl (C=O) groups excluding carboxylic acids is 1. The maximum absolute atomic E-state index is 12.1. The van der Waals surface area contributed by atoms with Gasteiger partial charge in [0.05, 0.1) is 6.42 Å². The lowest BCUT2D eigenvalue weighted by Crippen LogP contribution is -2.43. The maximum atomic E-state index is 12.1. The van der Waals surface area contributed by atoms with Crippen molar-refractivity contribution in [2.24, 2.45) is 5.73 Å². The monoisotopic (exact) mass is 284 g/mol. The summed E-state index contributed by atoms with van der Waals surface area (Å²) in [5, 5.41) is 0. The van der Waals surface area contributed by atoms with E-state index in [1.54, 1.807) is 17.0 Å². The van der Waals surface area contributed by atoms with Gasteiger partial charge in [-0.2, -0.15) is 8.78 Å². The lowest BCUT2D eigenvalue weighted by molar-refractivity contribution is -0.131. The fourth-order valence-corrected chi connectivity index (χ4v) is 2.22. The molecule has 1 fully saturated rings. The number of halogens is 2. The number of hydrogen-bond acceptors (Lipinski definition) is 3. The van der Waals surface area contributed by atoms with Gasteiger partial charge in [0.15, 0.2) is 0 Å². The zero-order valence-electron chi connectivity index (χ0n) is 11.1. The normalized spacial score (nSPS) is 16.5. The topological polar surface area (TPSA) is 55.6 Å². The van der Waals surface area contributed by atoms with Gasteiger partial charge in [-0.1, -0.05) is 12.1 Å². The molecular formula is C14H18F2N2O2. The van der Waals surface area contributed by atoms with E-state index in [4.69, 9.17) is 5.73 Å². The van der Waals surface area contributed by atoms with Crippen LogP contribution in [-0.2, 0) is 11.2 Å². The highest BCUT2D eigenvalue weighted by Gasteiger charge is 2.20. The minimum absolute atomic E-state index is 0.0411. The maximum Gasteiger partial charge on any atom is 0.387 e. The molecule has 0 radical (unpaired) electrons. The van der Waals surface area contributed by atoms with Gasteiger partial charge in [-0.3, -0.25) is 4.79 Å². The average molecular weight is 284 g/mol. The number of ether oxygens (including phenoxy) is 1. The van der Waals surface area contributed by atoms with Crippen LogP contribution < -0.4 is 10.5 Å². The van der Waals surface area contributed by atoms with Gasteiger partial charge in [-0.25, -0.2) is 0 Å². The Kier molecular flexibility index (Phi) is 4.89. The Morgan fingerprint density at radius 2 is 1.90 bits per heavy atom. The Hall–Kier alpha value is -1.69. The number of likely N-dealkylation sites (tertiary alicyclic amines) is 1. The fourth-order valence-electron chi connectivity index (χ4n) is 2.22. The highest BCUT2D eigenvalue weighted by atomic mass is 19.3. The van der Waals surface area contributed by atoms with Gasteiger partial charge >= 0.3 is 6.61 Å². The second-order valence-corrected chi connectivity index (χ2v) is 4.92. The van der Waals surface area contributed by atoms with Crippen molar-refractivity contribution in [2.45, 2.75) is 31.9 Å². The quantitative estimate of drug-likeness (QED) is 0.917. The van der Waals surface area contributed by atoms with E-state index >= 15 is 0 Å². The van der Waals surface area contributed by atoms with Gasteiger partial charge in [0.2, 0.25) is 5.91 Å². The highest BCUT2D eigenvalue weighted by Crippen LogP contribution is 2.16. The molecule has 1 aliphatic heterocycles. The molecule has 0 atom stereocenters. The van der Waals surface area contributed by atoms with Crippen LogP contribution in [0.4, 0.5) is 8.78 Å². The fraction of sp³-hybridized carbons (Fsp3) is 0.500. The molecule has 0 unspecified atom stereocenters. The van der Waals surface area contributed by atoms with Crippen LogP contribution in [0.15, 0.2) is 24.3 Å². The Labute approximate surface area is 116 Å². The van der Waals surface area contributed by atoms with Gasteiger partial charge in [-0.15, -0.1) is 0 Å². The molecule has 1 aromatic carbocycles. The van der Waals surface area contributed by atoms with E-state index in [-0.39, 0.29) is 24.1 Å². The van der Waals surface area contributed by atoms with Crippen LogP contribution in [0, 0.1) is 0 Å².